The van der Waals surface area contributed by atoms with Gasteiger partial charge in [-0.05, 0) is 23.8 Å². The highest BCUT2D eigenvalue weighted by Crippen LogP contribution is 2.17. The lowest BCUT2D eigenvalue weighted by Crippen LogP contribution is -2.13. The highest BCUT2D eigenvalue weighted by molar-refractivity contribution is 5.76. The molecule has 2 N–H and O–H groups in total. The number of nitriles is 1. The number of ether oxygens (including phenoxy) is 1. The number of hydrogen-bond acceptors (Lipinski definition) is 3. The van der Waals surface area contributed by atoms with Gasteiger partial charge in [-0.3, -0.25) is 4.79 Å². The Morgan fingerprint density at radius 2 is 2.00 bits per heavy atom. The second-order valence-corrected chi connectivity index (χ2v) is 4.35. The van der Waals surface area contributed by atoms with Crippen LogP contribution in [0.1, 0.15) is 16.7 Å². The van der Waals surface area contributed by atoms with Gasteiger partial charge in [-0.2, -0.15) is 5.26 Å². The number of amides is 1. The van der Waals surface area contributed by atoms with Crippen LogP contribution in [-0.4, -0.2) is 5.91 Å². The molecule has 0 unspecified atom stereocenters. The van der Waals surface area contributed by atoms with Crippen molar-refractivity contribution < 1.29 is 9.53 Å². The molecule has 0 atom stereocenters. The number of primary amides is 1. The van der Waals surface area contributed by atoms with E-state index in [1.165, 1.54) is 0 Å². The lowest BCUT2D eigenvalue weighted by Gasteiger charge is -2.08. The topological polar surface area (TPSA) is 76.1 Å². The van der Waals surface area contributed by atoms with Crippen molar-refractivity contribution in [1.29, 1.82) is 5.26 Å². The highest BCUT2D eigenvalue weighted by atomic mass is 16.5. The van der Waals surface area contributed by atoms with Crippen molar-refractivity contribution >= 4 is 5.91 Å². The monoisotopic (exact) mass is 266 g/mol. The molecule has 20 heavy (non-hydrogen) atoms. The normalized spacial score (nSPS) is 9.75. The van der Waals surface area contributed by atoms with Crippen molar-refractivity contribution in [1.82, 2.24) is 0 Å². The molecular weight excluding hydrogens is 252 g/mol. The molecule has 1 amide bonds. The van der Waals surface area contributed by atoms with Crippen LogP contribution in [0.25, 0.3) is 0 Å². The molecule has 0 radical (unpaired) electrons. The summed E-state index contributed by atoms with van der Waals surface area (Å²) in [6.45, 7) is 0.309. The maximum atomic E-state index is 10.9. The maximum absolute atomic E-state index is 10.9. The number of nitrogens with two attached hydrogens (primary N) is 1. The third kappa shape index (κ3) is 3.59. The molecule has 4 heteroatoms. The fraction of sp³-hybridized carbons (Fsp3) is 0.125. The van der Waals surface area contributed by atoms with Gasteiger partial charge >= 0.3 is 0 Å². The summed E-state index contributed by atoms with van der Waals surface area (Å²) < 4.78 is 5.65. The van der Waals surface area contributed by atoms with E-state index in [2.05, 4.69) is 6.07 Å². The van der Waals surface area contributed by atoms with E-state index in [0.717, 1.165) is 11.1 Å². The van der Waals surface area contributed by atoms with Crippen LogP contribution < -0.4 is 10.5 Å². The second kappa shape index (κ2) is 6.39. The zero-order valence-electron chi connectivity index (χ0n) is 10.9. The Kier molecular flexibility index (Phi) is 4.35. The Morgan fingerprint density at radius 1 is 1.20 bits per heavy atom. The lowest BCUT2D eigenvalue weighted by molar-refractivity contribution is -0.117. The van der Waals surface area contributed by atoms with Crippen LogP contribution in [0.3, 0.4) is 0 Å². The third-order valence-electron chi connectivity index (χ3n) is 2.81. The molecule has 0 aliphatic carbocycles. The SMILES string of the molecule is N#Cc1ccccc1COc1cccc(CC(N)=O)c1. The van der Waals surface area contributed by atoms with E-state index in [1.54, 1.807) is 18.2 Å². The first-order valence-electron chi connectivity index (χ1n) is 6.17. The van der Waals surface area contributed by atoms with Gasteiger partial charge in [-0.1, -0.05) is 30.3 Å². The predicted molar refractivity (Wildman–Crippen MR) is 74.8 cm³/mol. The van der Waals surface area contributed by atoms with Gasteiger partial charge in [0.1, 0.15) is 12.4 Å². The molecule has 0 heterocycles. The molecule has 0 aliphatic heterocycles. The van der Waals surface area contributed by atoms with Gasteiger partial charge in [-0.15, -0.1) is 0 Å². The van der Waals surface area contributed by atoms with Crippen molar-refractivity contribution in [2.24, 2.45) is 5.73 Å². The average molecular weight is 266 g/mol. The minimum Gasteiger partial charge on any atom is -0.489 e. The predicted octanol–water partition coefficient (Wildman–Crippen LogP) is 2.17. The van der Waals surface area contributed by atoms with E-state index in [9.17, 15) is 4.79 Å². The number of hydrogen-bond donors (Lipinski definition) is 1. The molecule has 0 fully saturated rings. The second-order valence-electron chi connectivity index (χ2n) is 4.35. The van der Waals surface area contributed by atoms with Crippen LogP contribution in [0, 0.1) is 11.3 Å². The standard InChI is InChI=1S/C16H14N2O2/c17-10-13-5-1-2-6-14(13)11-20-15-7-3-4-12(8-15)9-16(18)19/h1-8H,9,11H2,(H2,18,19). The maximum Gasteiger partial charge on any atom is 0.221 e. The van der Waals surface area contributed by atoms with E-state index in [4.69, 9.17) is 15.7 Å². The van der Waals surface area contributed by atoms with E-state index in [-0.39, 0.29) is 12.3 Å². The van der Waals surface area contributed by atoms with Crippen molar-refractivity contribution in [3.63, 3.8) is 0 Å². The van der Waals surface area contributed by atoms with Gasteiger partial charge in [0.15, 0.2) is 0 Å². The Morgan fingerprint density at radius 3 is 2.75 bits per heavy atom. The molecule has 2 rings (SSSR count). The molecule has 0 saturated heterocycles. The summed E-state index contributed by atoms with van der Waals surface area (Å²) in [6, 6.07) is 16.6. The summed E-state index contributed by atoms with van der Waals surface area (Å²) in [5.74, 6) is 0.272. The Labute approximate surface area is 117 Å². The highest BCUT2D eigenvalue weighted by Gasteiger charge is 2.03. The van der Waals surface area contributed by atoms with Crippen molar-refractivity contribution in [2.75, 3.05) is 0 Å². The van der Waals surface area contributed by atoms with E-state index in [1.807, 2.05) is 30.3 Å². The van der Waals surface area contributed by atoms with Gasteiger partial charge in [-0.25, -0.2) is 0 Å². The van der Waals surface area contributed by atoms with Crippen LogP contribution in [0.2, 0.25) is 0 Å². The van der Waals surface area contributed by atoms with Crippen LogP contribution >= 0.6 is 0 Å². The fourth-order valence-corrected chi connectivity index (χ4v) is 1.86. The number of rotatable bonds is 5. The Balaban J connectivity index is 2.07. The Hall–Kier alpha value is -2.80. The van der Waals surface area contributed by atoms with Gasteiger partial charge in [0.2, 0.25) is 5.91 Å². The molecular formula is C16H14N2O2. The zero-order chi connectivity index (χ0) is 14.4. The molecule has 0 spiro atoms. The molecule has 100 valence electrons. The summed E-state index contributed by atoms with van der Waals surface area (Å²) in [5.41, 5.74) is 7.40. The van der Waals surface area contributed by atoms with Crippen LogP contribution in [0.15, 0.2) is 48.5 Å². The van der Waals surface area contributed by atoms with Gasteiger partial charge in [0, 0.05) is 5.56 Å². The quantitative estimate of drug-likeness (QED) is 0.901. The zero-order valence-corrected chi connectivity index (χ0v) is 10.9. The van der Waals surface area contributed by atoms with Crippen molar-refractivity contribution in [2.45, 2.75) is 13.0 Å². The van der Waals surface area contributed by atoms with E-state index in [0.29, 0.717) is 17.9 Å². The molecule has 0 aliphatic rings. The summed E-state index contributed by atoms with van der Waals surface area (Å²) in [7, 11) is 0. The number of benzene rings is 2. The number of carbonyl (C=O) groups excluding carboxylic acids is 1. The molecule has 0 aromatic heterocycles. The third-order valence-corrected chi connectivity index (χ3v) is 2.81. The largest absolute Gasteiger partial charge is 0.489 e. The number of nitrogens with zero attached hydrogens (tertiary/aromatic N) is 1. The summed E-state index contributed by atoms with van der Waals surface area (Å²) in [4.78, 5) is 10.9. The smallest absolute Gasteiger partial charge is 0.221 e. The van der Waals surface area contributed by atoms with E-state index >= 15 is 0 Å². The van der Waals surface area contributed by atoms with Crippen LogP contribution in [-0.2, 0) is 17.8 Å². The number of carbonyl (C=O) groups is 1. The summed E-state index contributed by atoms with van der Waals surface area (Å²) in [5, 5.41) is 9.00. The van der Waals surface area contributed by atoms with Crippen LogP contribution in [0.5, 0.6) is 5.75 Å². The van der Waals surface area contributed by atoms with Crippen molar-refractivity contribution in [3.05, 3.63) is 65.2 Å². The van der Waals surface area contributed by atoms with Crippen molar-refractivity contribution in [3.8, 4) is 11.8 Å². The first-order valence-corrected chi connectivity index (χ1v) is 6.17. The molecule has 2 aromatic carbocycles. The summed E-state index contributed by atoms with van der Waals surface area (Å²) >= 11 is 0. The molecule has 0 saturated carbocycles. The first kappa shape index (κ1) is 13.6. The van der Waals surface area contributed by atoms with Crippen LogP contribution in [0.4, 0.5) is 0 Å². The van der Waals surface area contributed by atoms with Gasteiger partial charge in [0.25, 0.3) is 0 Å². The first-order chi connectivity index (χ1) is 9.69. The minimum absolute atomic E-state index is 0.186. The van der Waals surface area contributed by atoms with E-state index < -0.39 is 0 Å². The average Bonchev–Trinajstić information content (AvgIpc) is 2.45. The molecule has 2 aromatic rings. The Bertz CT molecular complexity index is 660. The summed E-state index contributed by atoms with van der Waals surface area (Å²) in [6.07, 6.45) is 0.186. The lowest BCUT2D eigenvalue weighted by atomic mass is 10.1. The molecule has 0 bridgehead atoms. The fourth-order valence-electron chi connectivity index (χ4n) is 1.86. The molecule has 4 nitrogen and oxygen atoms in total. The van der Waals surface area contributed by atoms with Gasteiger partial charge < -0.3 is 10.5 Å². The van der Waals surface area contributed by atoms with Gasteiger partial charge in [0.05, 0.1) is 18.1 Å². The minimum atomic E-state index is -0.378.